The number of hydrogen-bond acceptors (Lipinski definition) is 7. The molecule has 0 radical (unpaired) electrons. The average Bonchev–Trinajstić information content (AvgIpc) is 3.17. The zero-order valence-electron chi connectivity index (χ0n) is 17.6. The second-order valence-electron chi connectivity index (χ2n) is 7.39. The summed E-state index contributed by atoms with van der Waals surface area (Å²) in [5.74, 6) is 3.38. The summed E-state index contributed by atoms with van der Waals surface area (Å²) in [5, 5.41) is 9.59. The fraction of sp³-hybridized carbons (Fsp3) is 0.545. The van der Waals surface area contributed by atoms with Crippen molar-refractivity contribution in [3.05, 3.63) is 47.4 Å². The first-order valence-corrected chi connectivity index (χ1v) is 10.0. The minimum Gasteiger partial charge on any atom is -0.497 e. The van der Waals surface area contributed by atoms with Crippen molar-refractivity contribution in [3.63, 3.8) is 0 Å². The topological polar surface area (TPSA) is 67.5 Å². The van der Waals surface area contributed by atoms with Crippen molar-refractivity contribution < 1.29 is 23.7 Å². The van der Waals surface area contributed by atoms with Gasteiger partial charge in [-0.25, -0.2) is 0 Å². The van der Waals surface area contributed by atoms with Gasteiger partial charge in [-0.1, -0.05) is 0 Å². The SMILES string of the molecule is COCc1ccc(CN2CCN(Cc3cc(OC)cc(OC)c3)[C@@H](CCO)C2)o1. The number of hydrogen-bond donors (Lipinski definition) is 1. The molecular weight excluding hydrogens is 372 g/mol. The number of aliphatic hydroxyl groups is 1. The summed E-state index contributed by atoms with van der Waals surface area (Å²) in [7, 11) is 5.00. The molecule has 0 bridgehead atoms. The molecule has 3 rings (SSSR count). The Hall–Kier alpha value is -2.06. The third-order valence-corrected chi connectivity index (χ3v) is 5.33. The maximum absolute atomic E-state index is 9.59. The highest BCUT2D eigenvalue weighted by molar-refractivity contribution is 5.38. The van der Waals surface area contributed by atoms with Gasteiger partial charge in [0.25, 0.3) is 0 Å². The van der Waals surface area contributed by atoms with E-state index in [-0.39, 0.29) is 12.6 Å². The van der Waals surface area contributed by atoms with Crippen LogP contribution in [0, 0.1) is 0 Å². The predicted molar refractivity (Wildman–Crippen MR) is 110 cm³/mol. The third kappa shape index (κ3) is 5.96. The lowest BCUT2D eigenvalue weighted by atomic mass is 10.1. The van der Waals surface area contributed by atoms with Crippen LogP contribution in [0.15, 0.2) is 34.7 Å². The third-order valence-electron chi connectivity index (χ3n) is 5.33. The Morgan fingerprint density at radius 3 is 2.38 bits per heavy atom. The standard InChI is InChI=1S/C22H32N2O5/c1-26-16-20-5-4-19(29-20)15-23-7-8-24(18(14-23)6-9-25)13-17-10-21(27-2)12-22(11-17)28-3/h4-5,10-12,18,25H,6-9,13-16H2,1-3H3/t18-/m0/s1. The normalized spacial score (nSPS) is 18.1. The van der Waals surface area contributed by atoms with Gasteiger partial charge in [-0.15, -0.1) is 0 Å². The summed E-state index contributed by atoms with van der Waals surface area (Å²) in [6.07, 6.45) is 0.741. The van der Waals surface area contributed by atoms with Gasteiger partial charge >= 0.3 is 0 Å². The summed E-state index contributed by atoms with van der Waals surface area (Å²) >= 11 is 0. The zero-order chi connectivity index (χ0) is 20.6. The van der Waals surface area contributed by atoms with Crippen molar-refractivity contribution in [1.29, 1.82) is 0 Å². The Morgan fingerprint density at radius 2 is 1.72 bits per heavy atom. The first kappa shape index (κ1) is 21.6. The van der Waals surface area contributed by atoms with E-state index in [4.69, 9.17) is 18.6 Å². The smallest absolute Gasteiger partial charge is 0.129 e. The molecule has 0 saturated carbocycles. The van der Waals surface area contributed by atoms with E-state index in [1.807, 2.05) is 30.3 Å². The maximum Gasteiger partial charge on any atom is 0.129 e. The monoisotopic (exact) mass is 404 g/mol. The van der Waals surface area contributed by atoms with Crippen molar-refractivity contribution in [2.45, 2.75) is 32.2 Å². The lowest BCUT2D eigenvalue weighted by molar-refractivity contribution is 0.0462. The van der Waals surface area contributed by atoms with Crippen molar-refractivity contribution in [2.24, 2.45) is 0 Å². The molecule has 0 unspecified atom stereocenters. The van der Waals surface area contributed by atoms with Gasteiger partial charge in [-0.3, -0.25) is 9.80 Å². The lowest BCUT2D eigenvalue weighted by Gasteiger charge is -2.41. The number of rotatable bonds is 10. The Bertz CT molecular complexity index is 741. The van der Waals surface area contributed by atoms with Crippen LogP contribution in [-0.2, 0) is 24.4 Å². The number of piperazine rings is 1. The number of methoxy groups -OCH3 is 3. The quantitative estimate of drug-likeness (QED) is 0.653. The molecule has 1 aliphatic rings. The van der Waals surface area contributed by atoms with E-state index in [1.165, 1.54) is 0 Å². The molecule has 0 aliphatic carbocycles. The van der Waals surface area contributed by atoms with Gasteiger partial charge in [0.05, 0.1) is 20.8 Å². The van der Waals surface area contributed by atoms with E-state index in [9.17, 15) is 5.11 Å². The molecule has 0 amide bonds. The Morgan fingerprint density at radius 1 is 1.00 bits per heavy atom. The summed E-state index contributed by atoms with van der Waals surface area (Å²) in [6.45, 7) is 5.00. The van der Waals surface area contributed by atoms with E-state index in [1.54, 1.807) is 21.3 Å². The number of benzene rings is 1. The van der Waals surface area contributed by atoms with Crippen LogP contribution in [-0.4, -0.2) is 68.5 Å². The van der Waals surface area contributed by atoms with Crippen molar-refractivity contribution in [1.82, 2.24) is 9.80 Å². The number of nitrogens with zero attached hydrogens (tertiary/aromatic N) is 2. The van der Waals surface area contributed by atoms with Crippen LogP contribution in [0.5, 0.6) is 11.5 Å². The molecule has 1 atom stereocenters. The van der Waals surface area contributed by atoms with E-state index in [0.717, 1.165) is 67.7 Å². The second-order valence-corrected chi connectivity index (χ2v) is 7.39. The van der Waals surface area contributed by atoms with Crippen LogP contribution in [0.1, 0.15) is 23.5 Å². The lowest BCUT2D eigenvalue weighted by Crippen LogP contribution is -2.52. The Kier molecular flexibility index (Phi) is 7.94. The van der Waals surface area contributed by atoms with Crippen LogP contribution in [0.3, 0.4) is 0 Å². The van der Waals surface area contributed by atoms with E-state index >= 15 is 0 Å². The second kappa shape index (κ2) is 10.6. The number of furan rings is 1. The van der Waals surface area contributed by atoms with E-state index in [2.05, 4.69) is 9.80 Å². The molecule has 2 aromatic rings. The molecule has 1 aliphatic heterocycles. The van der Waals surface area contributed by atoms with Crippen LogP contribution >= 0.6 is 0 Å². The summed E-state index contributed by atoms with van der Waals surface area (Å²) in [6, 6.07) is 10.2. The first-order chi connectivity index (χ1) is 14.1. The molecule has 7 nitrogen and oxygen atoms in total. The fourth-order valence-corrected chi connectivity index (χ4v) is 3.87. The van der Waals surface area contributed by atoms with E-state index < -0.39 is 0 Å². The van der Waals surface area contributed by atoms with Gasteiger partial charge in [-0.2, -0.15) is 0 Å². The van der Waals surface area contributed by atoms with Crippen LogP contribution in [0.25, 0.3) is 0 Å². The minimum absolute atomic E-state index is 0.176. The van der Waals surface area contributed by atoms with E-state index in [0.29, 0.717) is 6.61 Å². The number of ether oxygens (including phenoxy) is 3. The largest absolute Gasteiger partial charge is 0.497 e. The first-order valence-electron chi connectivity index (χ1n) is 10.0. The fourth-order valence-electron chi connectivity index (χ4n) is 3.87. The highest BCUT2D eigenvalue weighted by Gasteiger charge is 2.27. The van der Waals surface area contributed by atoms with Crippen molar-refractivity contribution >= 4 is 0 Å². The predicted octanol–water partition coefficient (Wildman–Crippen LogP) is 2.51. The van der Waals surface area contributed by atoms with Crippen LogP contribution in [0.4, 0.5) is 0 Å². The summed E-state index contributed by atoms with van der Waals surface area (Å²) in [4.78, 5) is 4.82. The molecule has 0 spiro atoms. The van der Waals surface area contributed by atoms with Crippen LogP contribution < -0.4 is 9.47 Å². The van der Waals surface area contributed by atoms with Gasteiger partial charge in [0.15, 0.2) is 0 Å². The van der Waals surface area contributed by atoms with Gasteiger partial charge in [0.1, 0.15) is 29.6 Å². The summed E-state index contributed by atoms with van der Waals surface area (Å²) < 4.78 is 21.8. The number of aliphatic hydroxyl groups excluding tert-OH is 1. The Balaban J connectivity index is 1.64. The molecule has 1 aromatic heterocycles. The van der Waals surface area contributed by atoms with Gasteiger partial charge < -0.3 is 23.7 Å². The molecular formula is C22H32N2O5. The van der Waals surface area contributed by atoms with Crippen LogP contribution in [0.2, 0.25) is 0 Å². The molecule has 2 heterocycles. The molecule has 29 heavy (non-hydrogen) atoms. The molecule has 7 heteroatoms. The summed E-state index contributed by atoms with van der Waals surface area (Å²) in [5.41, 5.74) is 1.15. The average molecular weight is 405 g/mol. The highest BCUT2D eigenvalue weighted by Crippen LogP contribution is 2.25. The zero-order valence-corrected chi connectivity index (χ0v) is 17.6. The molecule has 1 saturated heterocycles. The maximum atomic E-state index is 9.59. The van der Waals surface area contributed by atoms with Gasteiger partial charge in [0.2, 0.25) is 0 Å². The Labute approximate surface area is 172 Å². The minimum atomic E-state index is 0.176. The van der Waals surface area contributed by atoms with Crippen molar-refractivity contribution in [2.75, 3.05) is 47.6 Å². The molecule has 1 N–H and O–H groups in total. The van der Waals surface area contributed by atoms with Gasteiger partial charge in [0, 0.05) is 52.0 Å². The molecule has 160 valence electrons. The van der Waals surface area contributed by atoms with Crippen molar-refractivity contribution in [3.8, 4) is 11.5 Å². The molecule has 1 fully saturated rings. The van der Waals surface area contributed by atoms with Gasteiger partial charge in [-0.05, 0) is 36.2 Å². The molecule has 1 aromatic carbocycles. The highest BCUT2D eigenvalue weighted by atomic mass is 16.5.